The Balaban J connectivity index is 1.79. The van der Waals surface area contributed by atoms with Gasteiger partial charge in [-0.1, -0.05) is 30.3 Å². The number of benzene rings is 2. The molecule has 0 saturated heterocycles. The molecule has 1 N–H and O–H groups in total. The van der Waals surface area contributed by atoms with Gasteiger partial charge < -0.3 is 9.84 Å². The van der Waals surface area contributed by atoms with E-state index < -0.39 is 11.9 Å². The Bertz CT molecular complexity index is 718. The van der Waals surface area contributed by atoms with Crippen molar-refractivity contribution >= 4 is 11.9 Å². The summed E-state index contributed by atoms with van der Waals surface area (Å²) in [6, 6.07) is 13.7. The summed E-state index contributed by atoms with van der Waals surface area (Å²) >= 11 is 0. The lowest BCUT2D eigenvalue weighted by Gasteiger charge is -2.06. The Hall–Kier alpha value is -2.62. The van der Waals surface area contributed by atoms with Crippen LogP contribution in [0.1, 0.15) is 24.0 Å². The molecule has 0 heterocycles. The first-order valence-corrected chi connectivity index (χ1v) is 6.77. The van der Waals surface area contributed by atoms with Crippen molar-refractivity contribution < 1.29 is 19.4 Å². The topological polar surface area (TPSA) is 63.6 Å². The van der Waals surface area contributed by atoms with Gasteiger partial charge in [-0.2, -0.15) is 0 Å². The molecule has 2 aromatic rings. The number of rotatable bonds is 4. The fraction of sp³-hybridized carbons (Fsp3) is 0.176. The summed E-state index contributed by atoms with van der Waals surface area (Å²) in [5, 5.41) is 8.56. The Morgan fingerprint density at radius 3 is 2.57 bits per heavy atom. The molecule has 2 aromatic carbocycles. The monoisotopic (exact) mass is 282 g/mol. The second-order valence-electron chi connectivity index (χ2n) is 5.02. The molecule has 0 saturated carbocycles. The highest BCUT2D eigenvalue weighted by molar-refractivity contribution is 5.80. The van der Waals surface area contributed by atoms with Gasteiger partial charge >= 0.3 is 11.9 Å². The number of esters is 1. The van der Waals surface area contributed by atoms with Gasteiger partial charge in [-0.25, -0.2) is 0 Å². The molecule has 4 nitrogen and oxygen atoms in total. The van der Waals surface area contributed by atoms with Gasteiger partial charge in [-0.15, -0.1) is 0 Å². The van der Waals surface area contributed by atoms with E-state index >= 15 is 0 Å². The van der Waals surface area contributed by atoms with Crippen molar-refractivity contribution in [2.75, 3.05) is 0 Å². The van der Waals surface area contributed by atoms with Crippen molar-refractivity contribution in [1.82, 2.24) is 0 Å². The lowest BCUT2D eigenvalue weighted by Crippen LogP contribution is -2.10. The van der Waals surface area contributed by atoms with Gasteiger partial charge in [0.25, 0.3) is 0 Å². The van der Waals surface area contributed by atoms with Crippen LogP contribution in [-0.4, -0.2) is 17.0 Å². The van der Waals surface area contributed by atoms with Gasteiger partial charge in [0.05, 0.1) is 12.8 Å². The Labute approximate surface area is 122 Å². The minimum absolute atomic E-state index is 0.122. The molecule has 3 rings (SSSR count). The number of fused-ring (bicyclic) bond motifs is 3. The fourth-order valence-electron chi connectivity index (χ4n) is 2.56. The molecule has 0 atom stereocenters. The zero-order valence-electron chi connectivity index (χ0n) is 11.3. The van der Waals surface area contributed by atoms with Gasteiger partial charge in [0.1, 0.15) is 5.75 Å². The van der Waals surface area contributed by atoms with E-state index in [0.717, 1.165) is 17.5 Å². The van der Waals surface area contributed by atoms with Crippen LogP contribution < -0.4 is 4.74 Å². The van der Waals surface area contributed by atoms with Crippen molar-refractivity contribution in [3.05, 3.63) is 53.6 Å². The standard InChI is InChI=1S/C17H14O4/c18-16(19)7-8-17(20)21-13-6-5-12-9-11-3-1-2-4-14(11)15(12)10-13/h1-6,10H,7-9H2,(H,18,19). The van der Waals surface area contributed by atoms with E-state index in [1.165, 1.54) is 11.1 Å². The van der Waals surface area contributed by atoms with Gasteiger partial charge in [-0.05, 0) is 40.8 Å². The molecule has 0 unspecified atom stereocenters. The largest absolute Gasteiger partial charge is 0.481 e. The summed E-state index contributed by atoms with van der Waals surface area (Å²) in [4.78, 5) is 22.0. The van der Waals surface area contributed by atoms with Crippen LogP contribution in [0.5, 0.6) is 5.75 Å². The number of hydrogen-bond acceptors (Lipinski definition) is 3. The van der Waals surface area contributed by atoms with Crippen LogP contribution >= 0.6 is 0 Å². The van der Waals surface area contributed by atoms with Gasteiger partial charge in [0, 0.05) is 0 Å². The fourth-order valence-corrected chi connectivity index (χ4v) is 2.56. The third-order valence-electron chi connectivity index (χ3n) is 3.54. The van der Waals surface area contributed by atoms with Crippen LogP contribution in [0, 0.1) is 0 Å². The van der Waals surface area contributed by atoms with Crippen molar-refractivity contribution in [3.8, 4) is 16.9 Å². The molecular formula is C17H14O4. The maximum absolute atomic E-state index is 11.6. The molecule has 1 aliphatic rings. The number of carbonyl (C=O) groups excluding carboxylic acids is 1. The van der Waals surface area contributed by atoms with Crippen LogP contribution in [0.15, 0.2) is 42.5 Å². The van der Waals surface area contributed by atoms with Crippen molar-refractivity contribution in [1.29, 1.82) is 0 Å². The Kier molecular flexibility index (Phi) is 3.44. The second kappa shape index (κ2) is 5.40. The molecule has 0 radical (unpaired) electrons. The SMILES string of the molecule is O=C(O)CCC(=O)Oc1ccc2c(c1)-c1ccccc1C2. The molecule has 0 fully saturated rings. The van der Waals surface area contributed by atoms with Gasteiger partial charge in [0.2, 0.25) is 0 Å². The molecule has 21 heavy (non-hydrogen) atoms. The third-order valence-corrected chi connectivity index (χ3v) is 3.54. The predicted molar refractivity (Wildman–Crippen MR) is 77.2 cm³/mol. The van der Waals surface area contributed by atoms with Crippen molar-refractivity contribution in [2.24, 2.45) is 0 Å². The maximum Gasteiger partial charge on any atom is 0.311 e. The van der Waals surface area contributed by atoms with Gasteiger partial charge in [0.15, 0.2) is 0 Å². The summed E-state index contributed by atoms with van der Waals surface area (Å²) in [5.74, 6) is -1.07. The molecule has 4 heteroatoms. The average Bonchev–Trinajstić information content (AvgIpc) is 2.83. The molecular weight excluding hydrogens is 268 g/mol. The third kappa shape index (κ3) is 2.79. The minimum atomic E-state index is -1.00. The summed E-state index contributed by atoms with van der Waals surface area (Å²) in [5.41, 5.74) is 4.72. The van der Waals surface area contributed by atoms with Crippen LogP contribution in [0.4, 0.5) is 0 Å². The molecule has 0 amide bonds. The predicted octanol–water partition coefficient (Wildman–Crippen LogP) is 3.03. The molecule has 106 valence electrons. The molecule has 0 spiro atoms. The average molecular weight is 282 g/mol. The molecule has 0 aliphatic heterocycles. The van der Waals surface area contributed by atoms with Crippen molar-refractivity contribution in [2.45, 2.75) is 19.3 Å². The first-order valence-electron chi connectivity index (χ1n) is 6.77. The summed E-state index contributed by atoms with van der Waals surface area (Å²) < 4.78 is 5.20. The number of carboxylic acid groups (broad SMARTS) is 1. The minimum Gasteiger partial charge on any atom is -0.481 e. The molecule has 0 aromatic heterocycles. The van der Waals surface area contributed by atoms with E-state index in [4.69, 9.17) is 9.84 Å². The number of ether oxygens (including phenoxy) is 1. The van der Waals surface area contributed by atoms with E-state index in [2.05, 4.69) is 12.1 Å². The number of carboxylic acids is 1. The van der Waals surface area contributed by atoms with E-state index in [1.807, 2.05) is 24.3 Å². The highest BCUT2D eigenvalue weighted by Gasteiger charge is 2.19. The van der Waals surface area contributed by atoms with E-state index in [-0.39, 0.29) is 12.8 Å². The Morgan fingerprint density at radius 2 is 1.76 bits per heavy atom. The molecule has 1 aliphatic carbocycles. The summed E-state index contributed by atoms with van der Waals surface area (Å²) in [6.07, 6.45) is 0.550. The summed E-state index contributed by atoms with van der Waals surface area (Å²) in [6.45, 7) is 0. The zero-order valence-corrected chi connectivity index (χ0v) is 11.3. The highest BCUT2D eigenvalue weighted by atomic mass is 16.5. The van der Waals surface area contributed by atoms with Crippen LogP contribution in [-0.2, 0) is 16.0 Å². The maximum atomic E-state index is 11.6. The van der Waals surface area contributed by atoms with Crippen molar-refractivity contribution in [3.63, 3.8) is 0 Å². The number of aliphatic carboxylic acids is 1. The van der Waals surface area contributed by atoms with Crippen LogP contribution in [0.25, 0.3) is 11.1 Å². The normalized spacial score (nSPS) is 11.6. The summed E-state index contributed by atoms with van der Waals surface area (Å²) in [7, 11) is 0. The molecule has 0 bridgehead atoms. The van der Waals surface area contributed by atoms with Crippen LogP contribution in [0.2, 0.25) is 0 Å². The quantitative estimate of drug-likeness (QED) is 0.590. The van der Waals surface area contributed by atoms with E-state index in [0.29, 0.717) is 5.75 Å². The van der Waals surface area contributed by atoms with E-state index in [1.54, 1.807) is 6.07 Å². The first-order chi connectivity index (χ1) is 10.1. The first kappa shape index (κ1) is 13.4. The van der Waals surface area contributed by atoms with Crippen LogP contribution in [0.3, 0.4) is 0 Å². The number of hydrogen-bond donors (Lipinski definition) is 1. The lowest BCUT2D eigenvalue weighted by molar-refractivity contribution is -0.142. The lowest BCUT2D eigenvalue weighted by atomic mass is 10.1. The van der Waals surface area contributed by atoms with E-state index in [9.17, 15) is 9.59 Å². The smallest absolute Gasteiger partial charge is 0.311 e. The Morgan fingerprint density at radius 1 is 1.00 bits per heavy atom. The highest BCUT2D eigenvalue weighted by Crippen LogP contribution is 2.38. The number of carbonyl (C=O) groups is 2. The van der Waals surface area contributed by atoms with Gasteiger partial charge in [-0.3, -0.25) is 9.59 Å². The zero-order chi connectivity index (χ0) is 14.8. The second-order valence-corrected chi connectivity index (χ2v) is 5.02.